The van der Waals surface area contributed by atoms with E-state index in [1.165, 1.54) is 12.1 Å². The third-order valence-electron chi connectivity index (χ3n) is 14.6. The molecule has 0 saturated carbocycles. The van der Waals surface area contributed by atoms with E-state index in [-0.39, 0.29) is 24.2 Å². The number of carbonyl (C=O) groups excluding carboxylic acids is 1. The number of amides is 1. The maximum atomic E-state index is 14.6. The molecule has 9 rings (SSSR count). The van der Waals surface area contributed by atoms with Crippen LogP contribution in [0, 0.1) is 0 Å². The normalized spacial score (nSPS) is 15.7. The van der Waals surface area contributed by atoms with Gasteiger partial charge >= 0.3 is 5.69 Å². The summed E-state index contributed by atoms with van der Waals surface area (Å²) in [5, 5.41) is 15.7. The zero-order chi connectivity index (χ0) is 56.7. The molecule has 2 unspecified atom stereocenters. The van der Waals surface area contributed by atoms with Gasteiger partial charge in [-0.3, -0.25) is 13.9 Å². The van der Waals surface area contributed by atoms with Gasteiger partial charge in [-0.05, 0) is 104 Å². The number of fused-ring (bicyclic) bond motifs is 2. The number of methoxy groups -OCH3 is 1. The SMILES string of the molecule is COc1cc(OC/C(N)=C/N(N)CCOCCOCCOCCOc2cc(NCc3ccc(-c4cc5c(NC6CCNCC6F)cccc5[nH]4)cc3)ccc2SC)ccc1C(=O)Nc1cc2c(cc1N1CCCCC1)n(C)c(=O)n2C. The highest BCUT2D eigenvalue weighted by Crippen LogP contribution is 2.36. The molecule has 2 aromatic heterocycles. The van der Waals surface area contributed by atoms with Crippen molar-refractivity contribution in [2.24, 2.45) is 25.7 Å². The summed E-state index contributed by atoms with van der Waals surface area (Å²) < 4.78 is 52.7. The minimum atomic E-state index is -0.925. The van der Waals surface area contributed by atoms with Gasteiger partial charge < -0.3 is 70.3 Å². The minimum absolute atomic E-state index is 0.0429. The second-order valence-electron chi connectivity index (χ2n) is 20.2. The number of carbonyl (C=O) groups is 1. The number of halogens is 1. The highest BCUT2D eigenvalue weighted by Gasteiger charge is 2.26. The Balaban J connectivity index is 0.632. The number of alkyl halides is 1. The molecule has 19 nitrogen and oxygen atoms in total. The molecular weight excluding hydrogens is 1050 g/mol. The fourth-order valence-electron chi connectivity index (χ4n) is 10.1. The van der Waals surface area contributed by atoms with Crippen molar-refractivity contribution >= 4 is 62.4 Å². The predicted octanol–water partition coefficient (Wildman–Crippen LogP) is 8.21. The standard InChI is InChI=1S/C60H76FN11O8S/c1-69-54-34-52(53(71-21-6-5-7-22-71)35-55(54)70(2)60(69)74)68-59(73)45-17-16-44(32-56(45)75-3)80-39-42(62)38-72(63)23-24-76-25-26-77-27-28-78-29-30-79-57-31-43(15-18-58(57)81-4)65-36-40-11-13-41(14-12-40)51-33-46-48(9-8-10-49(46)67-51)66-50-19-20-64-37-47(50)61/h8-18,31-35,38,47,50,64-67H,5-7,19-30,36-37,39,62-63H2,1-4H3,(H,68,73)/b42-38-. The van der Waals surface area contributed by atoms with Crippen LogP contribution in [0.5, 0.6) is 17.2 Å². The molecular formula is C60H76FN11O8S. The third kappa shape index (κ3) is 15.1. The molecule has 7 aromatic rings. The molecule has 0 spiro atoms. The number of rotatable bonds is 28. The fourth-order valence-corrected chi connectivity index (χ4v) is 10.6. The van der Waals surface area contributed by atoms with E-state index in [2.05, 4.69) is 79.7 Å². The number of hydrazine groups is 1. The van der Waals surface area contributed by atoms with Crippen molar-refractivity contribution in [1.29, 1.82) is 0 Å². The maximum Gasteiger partial charge on any atom is 0.328 e. The number of thioether (sulfide) groups is 1. The Morgan fingerprint density at radius 2 is 1.58 bits per heavy atom. The van der Waals surface area contributed by atoms with Crippen molar-refractivity contribution in [2.75, 3.05) is 120 Å². The Morgan fingerprint density at radius 3 is 2.32 bits per heavy atom. The average Bonchev–Trinajstić information content (AvgIpc) is 4.23. The number of aryl methyl sites for hydroxylation is 2. The average molecular weight is 1130 g/mol. The van der Waals surface area contributed by atoms with Crippen molar-refractivity contribution in [1.82, 2.24) is 24.4 Å². The largest absolute Gasteiger partial charge is 0.496 e. The first-order valence-electron chi connectivity index (χ1n) is 27.6. The highest BCUT2D eigenvalue weighted by molar-refractivity contribution is 7.98. The van der Waals surface area contributed by atoms with E-state index in [4.69, 9.17) is 40.0 Å². The Kier molecular flexibility index (Phi) is 20.4. The van der Waals surface area contributed by atoms with E-state index in [0.717, 1.165) is 112 Å². The number of nitrogens with one attached hydrogen (secondary N) is 5. The van der Waals surface area contributed by atoms with Gasteiger partial charge in [0, 0.05) is 91.5 Å². The van der Waals surface area contributed by atoms with E-state index in [0.29, 0.717) is 94.3 Å². The molecule has 432 valence electrons. The van der Waals surface area contributed by atoms with Crippen LogP contribution >= 0.6 is 11.8 Å². The number of hydrogen-bond donors (Lipinski definition) is 7. The predicted molar refractivity (Wildman–Crippen MR) is 321 cm³/mol. The monoisotopic (exact) mass is 1130 g/mol. The third-order valence-corrected chi connectivity index (χ3v) is 15.3. The Bertz CT molecular complexity index is 3310. The summed E-state index contributed by atoms with van der Waals surface area (Å²) in [4.78, 5) is 33.4. The van der Waals surface area contributed by atoms with Crippen molar-refractivity contribution < 1.29 is 37.6 Å². The molecule has 2 aliphatic rings. The lowest BCUT2D eigenvalue weighted by Crippen LogP contribution is -2.45. The lowest BCUT2D eigenvalue weighted by molar-refractivity contribution is 0.00727. The van der Waals surface area contributed by atoms with Crippen LogP contribution in [0.1, 0.15) is 41.6 Å². The van der Waals surface area contributed by atoms with Crippen LogP contribution in [0.25, 0.3) is 33.2 Å². The van der Waals surface area contributed by atoms with Crippen LogP contribution < -0.4 is 57.6 Å². The number of aromatic nitrogens is 3. The molecule has 2 atom stereocenters. The summed E-state index contributed by atoms with van der Waals surface area (Å²) in [6.45, 7) is 6.77. The summed E-state index contributed by atoms with van der Waals surface area (Å²) in [7, 11) is 4.98. The molecule has 4 heterocycles. The number of nitrogens with two attached hydrogens (primary N) is 2. The Morgan fingerprint density at radius 1 is 0.840 bits per heavy atom. The summed E-state index contributed by atoms with van der Waals surface area (Å²) in [6, 6.07) is 31.5. The lowest BCUT2D eigenvalue weighted by Gasteiger charge is -2.30. The van der Waals surface area contributed by atoms with Gasteiger partial charge in [-0.1, -0.05) is 30.3 Å². The number of H-pyrrole nitrogens is 1. The zero-order valence-electron chi connectivity index (χ0n) is 46.7. The summed E-state index contributed by atoms with van der Waals surface area (Å²) >= 11 is 1.63. The number of nitrogens with zero attached hydrogens (tertiary/aromatic N) is 4. The van der Waals surface area contributed by atoms with Crippen molar-refractivity contribution in [3.05, 3.63) is 131 Å². The van der Waals surface area contributed by atoms with Crippen molar-refractivity contribution in [2.45, 2.75) is 49.3 Å². The molecule has 5 aromatic carbocycles. The van der Waals surface area contributed by atoms with Crippen LogP contribution in [0.15, 0.2) is 119 Å². The fraction of sp³-hybridized carbons (Fsp3) is 0.400. The summed E-state index contributed by atoms with van der Waals surface area (Å²) in [6.07, 6.45) is 6.69. The molecule has 81 heavy (non-hydrogen) atoms. The summed E-state index contributed by atoms with van der Waals surface area (Å²) in [5.74, 6) is 7.38. The number of benzene rings is 5. The molecule has 1 amide bonds. The van der Waals surface area contributed by atoms with Gasteiger partial charge in [0.05, 0.1) is 93.0 Å². The van der Waals surface area contributed by atoms with E-state index in [9.17, 15) is 14.0 Å². The van der Waals surface area contributed by atoms with Crippen molar-refractivity contribution in [3.63, 3.8) is 0 Å². The zero-order valence-corrected chi connectivity index (χ0v) is 47.5. The van der Waals surface area contributed by atoms with Crippen LogP contribution in [0.2, 0.25) is 0 Å². The van der Waals surface area contributed by atoms with E-state index >= 15 is 0 Å². The second kappa shape index (κ2) is 28.3. The maximum absolute atomic E-state index is 14.6. The van der Waals surface area contributed by atoms with Gasteiger partial charge in [-0.15, -0.1) is 11.8 Å². The number of imidazole rings is 1. The Hall–Kier alpha value is -7.40. The number of anilines is 4. The van der Waals surface area contributed by atoms with Gasteiger partial charge in [-0.2, -0.15) is 0 Å². The lowest BCUT2D eigenvalue weighted by atomic mass is 10.0. The smallest absolute Gasteiger partial charge is 0.328 e. The summed E-state index contributed by atoms with van der Waals surface area (Å²) in [5.41, 5.74) is 16.0. The number of aromatic amines is 1. The first-order chi connectivity index (χ1) is 39.5. The van der Waals surface area contributed by atoms with Gasteiger partial charge in [0.25, 0.3) is 5.91 Å². The Labute approximate surface area is 476 Å². The molecule has 2 aliphatic heterocycles. The molecule has 0 radical (unpaired) electrons. The van der Waals surface area contributed by atoms with E-state index in [1.54, 1.807) is 59.4 Å². The molecule has 9 N–H and O–H groups in total. The second-order valence-corrected chi connectivity index (χ2v) is 21.0. The number of piperidine rings is 2. The van der Waals surface area contributed by atoms with Gasteiger partial charge in [-0.25, -0.2) is 15.0 Å². The van der Waals surface area contributed by atoms with Crippen LogP contribution in [0.3, 0.4) is 0 Å². The van der Waals surface area contributed by atoms with Gasteiger partial charge in [0.2, 0.25) is 0 Å². The topological polar surface area (TPSA) is 222 Å². The quantitative estimate of drug-likeness (QED) is 0.0106. The van der Waals surface area contributed by atoms with E-state index < -0.39 is 6.17 Å². The number of hydrogen-bond acceptors (Lipinski definition) is 16. The van der Waals surface area contributed by atoms with Crippen LogP contribution in [-0.2, 0) is 34.9 Å². The first-order valence-corrected chi connectivity index (χ1v) is 28.8. The number of ether oxygens (including phenoxy) is 6. The first kappa shape index (κ1) is 58.3. The minimum Gasteiger partial charge on any atom is -0.496 e. The highest BCUT2D eigenvalue weighted by atomic mass is 32.2. The molecule has 2 saturated heterocycles. The molecule has 21 heteroatoms. The molecule has 0 bridgehead atoms. The van der Waals surface area contributed by atoms with Crippen molar-refractivity contribution in [3.8, 4) is 28.5 Å². The molecule has 2 fully saturated rings. The van der Waals surface area contributed by atoms with Gasteiger partial charge in [0.15, 0.2) is 0 Å². The molecule has 0 aliphatic carbocycles. The van der Waals surface area contributed by atoms with Crippen LogP contribution in [0.4, 0.5) is 27.1 Å². The van der Waals surface area contributed by atoms with Gasteiger partial charge in [0.1, 0.15) is 36.6 Å². The van der Waals surface area contributed by atoms with Crippen LogP contribution in [-0.4, -0.2) is 136 Å². The van der Waals surface area contributed by atoms with E-state index in [1.807, 2.05) is 36.6 Å².